The molecule has 0 atom stereocenters. The maximum atomic E-state index is 12.3. The molecule has 0 saturated carbocycles. The number of aryl methyl sites for hydroxylation is 2. The predicted molar refractivity (Wildman–Crippen MR) is 96.2 cm³/mol. The van der Waals surface area contributed by atoms with Crippen LogP contribution in [0.25, 0.3) is 11.2 Å². The van der Waals surface area contributed by atoms with E-state index in [1.807, 2.05) is 41.0 Å². The van der Waals surface area contributed by atoms with Crippen molar-refractivity contribution in [3.63, 3.8) is 0 Å². The lowest BCUT2D eigenvalue weighted by Crippen LogP contribution is -2.16. The molecule has 0 unspecified atom stereocenters. The summed E-state index contributed by atoms with van der Waals surface area (Å²) in [5.41, 5.74) is 2.57. The summed E-state index contributed by atoms with van der Waals surface area (Å²) in [6.45, 7) is 2.79. The lowest BCUT2D eigenvalue weighted by Gasteiger charge is -2.08. The van der Waals surface area contributed by atoms with Crippen LogP contribution < -0.4 is 5.32 Å². The van der Waals surface area contributed by atoms with Crippen LogP contribution in [0.2, 0.25) is 5.15 Å². The molecular formula is C18H19ClN4O. The molecule has 0 bridgehead atoms. The van der Waals surface area contributed by atoms with E-state index in [0.717, 1.165) is 24.0 Å². The second kappa shape index (κ2) is 7.45. The summed E-state index contributed by atoms with van der Waals surface area (Å²) in [7, 11) is 0. The van der Waals surface area contributed by atoms with Crippen molar-refractivity contribution in [3.8, 4) is 0 Å². The second-order valence-corrected chi connectivity index (χ2v) is 5.98. The Morgan fingerprint density at radius 2 is 1.96 bits per heavy atom. The van der Waals surface area contributed by atoms with Gasteiger partial charge in [0.2, 0.25) is 11.9 Å². The number of benzene rings is 1. The number of carbonyl (C=O) groups is 1. The van der Waals surface area contributed by atoms with Crippen molar-refractivity contribution in [1.82, 2.24) is 14.5 Å². The van der Waals surface area contributed by atoms with Gasteiger partial charge < -0.3 is 0 Å². The van der Waals surface area contributed by atoms with Gasteiger partial charge in [-0.3, -0.25) is 14.7 Å². The fourth-order valence-electron chi connectivity index (χ4n) is 2.60. The Labute approximate surface area is 145 Å². The number of fused-ring (bicyclic) bond motifs is 1. The monoisotopic (exact) mass is 342 g/mol. The molecular weight excluding hydrogens is 324 g/mol. The van der Waals surface area contributed by atoms with E-state index in [4.69, 9.17) is 11.6 Å². The summed E-state index contributed by atoms with van der Waals surface area (Å²) < 4.78 is 1.90. The van der Waals surface area contributed by atoms with Crippen molar-refractivity contribution in [1.29, 1.82) is 0 Å². The van der Waals surface area contributed by atoms with Crippen LogP contribution in [0.5, 0.6) is 0 Å². The fourth-order valence-corrected chi connectivity index (χ4v) is 2.74. The van der Waals surface area contributed by atoms with Crippen molar-refractivity contribution >= 4 is 34.6 Å². The lowest BCUT2D eigenvalue weighted by atomic mass is 10.1. The van der Waals surface area contributed by atoms with Crippen molar-refractivity contribution in [2.24, 2.45) is 0 Å². The summed E-state index contributed by atoms with van der Waals surface area (Å²) in [5, 5.41) is 3.32. The molecule has 6 heteroatoms. The molecule has 0 aliphatic rings. The number of anilines is 1. The molecule has 1 amide bonds. The van der Waals surface area contributed by atoms with Crippen LogP contribution in [-0.4, -0.2) is 20.4 Å². The van der Waals surface area contributed by atoms with Crippen LogP contribution in [-0.2, 0) is 17.8 Å². The Hall–Kier alpha value is -2.40. The third-order valence-electron chi connectivity index (χ3n) is 3.74. The van der Waals surface area contributed by atoms with Gasteiger partial charge in [-0.05, 0) is 30.5 Å². The number of nitrogens with zero attached hydrogens (tertiary/aromatic N) is 3. The molecule has 2 heterocycles. The first kappa shape index (κ1) is 16.5. The number of hydrogen-bond acceptors (Lipinski definition) is 3. The molecule has 3 rings (SSSR count). The molecule has 0 spiro atoms. The van der Waals surface area contributed by atoms with Gasteiger partial charge in [0.05, 0.1) is 0 Å². The molecule has 1 aromatic carbocycles. The zero-order valence-corrected chi connectivity index (χ0v) is 14.3. The van der Waals surface area contributed by atoms with Crippen LogP contribution in [0, 0.1) is 0 Å². The number of carbonyl (C=O) groups excluding carboxylic acids is 1. The first-order chi connectivity index (χ1) is 11.7. The van der Waals surface area contributed by atoms with E-state index in [9.17, 15) is 4.79 Å². The quantitative estimate of drug-likeness (QED) is 0.687. The fraction of sp³-hybridized carbons (Fsp3) is 0.278. The Bertz CT molecular complexity index is 845. The molecule has 0 fully saturated rings. The van der Waals surface area contributed by atoms with Gasteiger partial charge in [-0.15, -0.1) is 0 Å². The highest BCUT2D eigenvalue weighted by Crippen LogP contribution is 2.21. The van der Waals surface area contributed by atoms with Gasteiger partial charge >= 0.3 is 0 Å². The van der Waals surface area contributed by atoms with Crippen LogP contribution in [0.15, 0.2) is 42.5 Å². The summed E-state index contributed by atoms with van der Waals surface area (Å²) in [5.74, 6) is 0.470. The number of halogens is 1. The van der Waals surface area contributed by atoms with Crippen LogP contribution in [0.3, 0.4) is 0 Å². The van der Waals surface area contributed by atoms with Gasteiger partial charge in [-0.1, -0.05) is 48.9 Å². The van der Waals surface area contributed by atoms with Gasteiger partial charge in [0.15, 0.2) is 5.65 Å². The van der Waals surface area contributed by atoms with Gasteiger partial charge in [0.25, 0.3) is 0 Å². The highest BCUT2D eigenvalue weighted by molar-refractivity contribution is 6.29. The minimum atomic E-state index is -0.0578. The van der Waals surface area contributed by atoms with Gasteiger partial charge in [0, 0.05) is 13.0 Å². The van der Waals surface area contributed by atoms with Crippen molar-refractivity contribution in [2.45, 2.75) is 32.7 Å². The smallest absolute Gasteiger partial charge is 0.227 e. The number of aromatic nitrogens is 3. The largest absolute Gasteiger partial charge is 0.296 e. The summed E-state index contributed by atoms with van der Waals surface area (Å²) >= 11 is 5.98. The molecule has 24 heavy (non-hydrogen) atoms. The maximum Gasteiger partial charge on any atom is 0.227 e. The first-order valence-corrected chi connectivity index (χ1v) is 8.41. The summed E-state index contributed by atoms with van der Waals surface area (Å²) in [6, 6.07) is 13.5. The molecule has 124 valence electrons. The van der Waals surface area contributed by atoms with Gasteiger partial charge in [-0.25, -0.2) is 9.97 Å². The number of rotatable bonds is 6. The van der Waals surface area contributed by atoms with E-state index in [1.165, 1.54) is 0 Å². The van der Waals surface area contributed by atoms with Crippen molar-refractivity contribution < 1.29 is 4.79 Å². The Kier molecular flexibility index (Phi) is 5.11. The number of nitrogens with one attached hydrogen (secondary N) is 1. The lowest BCUT2D eigenvalue weighted by molar-refractivity contribution is -0.116. The van der Waals surface area contributed by atoms with Crippen LogP contribution >= 0.6 is 11.6 Å². The molecule has 3 aromatic rings. The van der Waals surface area contributed by atoms with E-state index in [-0.39, 0.29) is 5.91 Å². The third kappa shape index (κ3) is 3.74. The normalized spacial score (nSPS) is 10.9. The molecule has 5 nitrogen and oxygen atoms in total. The van der Waals surface area contributed by atoms with Gasteiger partial charge in [-0.2, -0.15) is 0 Å². The SMILES string of the molecule is CCCn1c(NC(=O)CCc2ccccc2)nc2ccc(Cl)nc21. The molecule has 1 N–H and O–H groups in total. The number of amides is 1. The average Bonchev–Trinajstić information content (AvgIpc) is 2.91. The molecule has 0 aliphatic heterocycles. The van der Waals surface area contributed by atoms with Crippen LogP contribution in [0.1, 0.15) is 25.3 Å². The zero-order valence-electron chi connectivity index (χ0n) is 13.5. The average molecular weight is 343 g/mol. The Morgan fingerprint density at radius 1 is 1.17 bits per heavy atom. The van der Waals surface area contributed by atoms with E-state index < -0.39 is 0 Å². The van der Waals surface area contributed by atoms with Gasteiger partial charge in [0.1, 0.15) is 10.7 Å². The topological polar surface area (TPSA) is 59.8 Å². The molecule has 0 aliphatic carbocycles. The number of hydrogen-bond donors (Lipinski definition) is 1. The summed E-state index contributed by atoms with van der Waals surface area (Å²) in [6.07, 6.45) is 2.02. The van der Waals surface area contributed by atoms with E-state index in [1.54, 1.807) is 6.07 Å². The number of imidazole rings is 1. The van der Waals surface area contributed by atoms with E-state index in [2.05, 4.69) is 22.2 Å². The summed E-state index contributed by atoms with van der Waals surface area (Å²) in [4.78, 5) is 21.1. The molecule has 0 radical (unpaired) electrons. The van der Waals surface area contributed by atoms with Crippen molar-refractivity contribution in [2.75, 3.05) is 5.32 Å². The minimum Gasteiger partial charge on any atom is -0.296 e. The predicted octanol–water partition coefficient (Wildman–Crippen LogP) is 4.07. The zero-order chi connectivity index (χ0) is 16.9. The Balaban J connectivity index is 1.76. The first-order valence-electron chi connectivity index (χ1n) is 8.04. The van der Waals surface area contributed by atoms with E-state index >= 15 is 0 Å². The minimum absolute atomic E-state index is 0.0578. The molecule has 2 aromatic heterocycles. The highest BCUT2D eigenvalue weighted by Gasteiger charge is 2.14. The standard InChI is InChI=1S/C18H19ClN4O/c1-2-12-23-17-14(9-10-15(19)21-17)20-18(23)22-16(24)11-8-13-6-4-3-5-7-13/h3-7,9-10H,2,8,11-12H2,1H3,(H,20,22,24). The highest BCUT2D eigenvalue weighted by atomic mass is 35.5. The third-order valence-corrected chi connectivity index (χ3v) is 3.95. The molecule has 0 saturated heterocycles. The number of pyridine rings is 1. The Morgan fingerprint density at radius 3 is 2.71 bits per heavy atom. The van der Waals surface area contributed by atoms with Crippen molar-refractivity contribution in [3.05, 3.63) is 53.2 Å². The van der Waals surface area contributed by atoms with Crippen LogP contribution in [0.4, 0.5) is 5.95 Å². The maximum absolute atomic E-state index is 12.3. The van der Waals surface area contributed by atoms with E-state index in [0.29, 0.717) is 29.6 Å². The second-order valence-electron chi connectivity index (χ2n) is 5.60.